The highest BCUT2D eigenvalue weighted by atomic mass is 16.6. The summed E-state index contributed by atoms with van der Waals surface area (Å²) >= 11 is 0. The van der Waals surface area contributed by atoms with Gasteiger partial charge in [0.1, 0.15) is 11.2 Å². The Kier molecular flexibility index (Phi) is 0.624. The summed E-state index contributed by atoms with van der Waals surface area (Å²) in [6.45, 7) is 0. The van der Waals surface area contributed by atoms with Crippen molar-refractivity contribution in [2.24, 2.45) is 23.7 Å². The maximum atomic E-state index is 6.21. The third-order valence-electron chi connectivity index (χ3n) is 5.28. The number of hydrogen-bond donors (Lipinski definition) is 0. The molecule has 1 saturated heterocycles. The maximum Gasteiger partial charge on any atom is 0.112 e. The van der Waals surface area contributed by atoms with E-state index in [0.29, 0.717) is 11.2 Å². The van der Waals surface area contributed by atoms with Gasteiger partial charge in [-0.25, -0.2) is 0 Å². The van der Waals surface area contributed by atoms with Crippen LogP contribution in [0.4, 0.5) is 0 Å². The number of epoxide rings is 1. The molecule has 1 aliphatic heterocycles. The summed E-state index contributed by atoms with van der Waals surface area (Å²) in [5.74, 6) is 3.05. The molecule has 0 aromatic heterocycles. The van der Waals surface area contributed by atoms with Crippen molar-refractivity contribution in [1.29, 1.82) is 0 Å². The molecule has 13 heavy (non-hydrogen) atoms. The Morgan fingerprint density at radius 2 is 1.15 bits per heavy atom. The predicted molar refractivity (Wildman–Crippen MR) is 48.0 cm³/mol. The molecule has 0 spiro atoms. The topological polar surface area (TPSA) is 12.5 Å². The van der Waals surface area contributed by atoms with Crippen LogP contribution in [0.3, 0.4) is 0 Å². The van der Waals surface area contributed by atoms with Gasteiger partial charge in [0.05, 0.1) is 0 Å². The third-order valence-corrected chi connectivity index (χ3v) is 5.28. The third kappa shape index (κ3) is 0.344. The quantitative estimate of drug-likeness (QED) is 0.401. The average molecular weight is 172 g/mol. The van der Waals surface area contributed by atoms with Crippen LogP contribution >= 0.6 is 0 Å². The molecule has 4 aliphatic carbocycles. The summed E-state index contributed by atoms with van der Waals surface area (Å²) < 4.78 is 6.21. The first-order chi connectivity index (χ1) is 6.38. The van der Waals surface area contributed by atoms with E-state index in [-0.39, 0.29) is 0 Å². The Hall–Kier alpha value is -0.560. The molecule has 0 aromatic rings. The standard InChI is InChI=1S/C12H12O/c1-2-8-5-7(1)11-9-3-4-10(6-9)12(8,11)13-11/h1-4,7-10H,5-6H2/t7-,8-,9-,10-,11?,12?/m0/s1. The van der Waals surface area contributed by atoms with Gasteiger partial charge in [0.15, 0.2) is 0 Å². The van der Waals surface area contributed by atoms with E-state index in [9.17, 15) is 0 Å². The van der Waals surface area contributed by atoms with Gasteiger partial charge in [0, 0.05) is 23.7 Å². The summed E-state index contributed by atoms with van der Waals surface area (Å²) in [6, 6.07) is 0. The van der Waals surface area contributed by atoms with Gasteiger partial charge in [-0.15, -0.1) is 0 Å². The molecule has 2 saturated carbocycles. The second-order valence-corrected chi connectivity index (χ2v) is 5.36. The zero-order valence-electron chi connectivity index (χ0n) is 7.44. The van der Waals surface area contributed by atoms with Crippen LogP contribution in [0, 0.1) is 23.7 Å². The van der Waals surface area contributed by atoms with Gasteiger partial charge in [-0.3, -0.25) is 0 Å². The van der Waals surface area contributed by atoms with Crippen LogP contribution < -0.4 is 0 Å². The van der Waals surface area contributed by atoms with Crippen molar-refractivity contribution in [2.75, 3.05) is 0 Å². The van der Waals surface area contributed by atoms with Gasteiger partial charge in [0.2, 0.25) is 0 Å². The van der Waals surface area contributed by atoms with Crippen LogP contribution in [0.2, 0.25) is 0 Å². The van der Waals surface area contributed by atoms with Crippen molar-refractivity contribution in [3.63, 3.8) is 0 Å². The molecule has 4 atom stereocenters. The molecule has 0 unspecified atom stereocenters. The molecule has 0 amide bonds. The molecule has 1 heterocycles. The average Bonchev–Trinajstić information content (AvgIpc) is 2.66. The number of fused-ring (bicyclic) bond motifs is 4. The molecule has 3 fully saturated rings. The minimum absolute atomic E-state index is 0.311. The molecule has 66 valence electrons. The first-order valence-electron chi connectivity index (χ1n) is 5.45. The highest BCUT2D eigenvalue weighted by molar-refractivity contribution is 5.48. The first-order valence-corrected chi connectivity index (χ1v) is 5.45. The van der Waals surface area contributed by atoms with E-state index >= 15 is 0 Å². The zero-order chi connectivity index (χ0) is 8.26. The van der Waals surface area contributed by atoms with E-state index in [2.05, 4.69) is 24.3 Å². The zero-order valence-corrected chi connectivity index (χ0v) is 7.44. The number of ether oxygens (including phenoxy) is 1. The van der Waals surface area contributed by atoms with E-state index in [4.69, 9.17) is 4.74 Å². The van der Waals surface area contributed by atoms with Gasteiger partial charge in [-0.05, 0) is 12.8 Å². The van der Waals surface area contributed by atoms with Crippen LogP contribution in [0.1, 0.15) is 12.8 Å². The van der Waals surface area contributed by atoms with E-state index in [0.717, 1.165) is 23.7 Å². The summed E-state index contributed by atoms with van der Waals surface area (Å²) in [5, 5.41) is 0. The lowest BCUT2D eigenvalue weighted by atomic mass is 9.76. The van der Waals surface area contributed by atoms with Crippen molar-refractivity contribution in [3.8, 4) is 0 Å². The van der Waals surface area contributed by atoms with Gasteiger partial charge >= 0.3 is 0 Å². The van der Waals surface area contributed by atoms with E-state index in [1.54, 1.807) is 0 Å². The highest BCUT2D eigenvalue weighted by Gasteiger charge is 2.89. The van der Waals surface area contributed by atoms with Crippen LogP contribution in [-0.4, -0.2) is 11.2 Å². The fraction of sp³-hybridized carbons (Fsp3) is 0.667. The van der Waals surface area contributed by atoms with Gasteiger partial charge in [0.25, 0.3) is 0 Å². The Labute approximate surface area is 77.5 Å². The second kappa shape index (κ2) is 1.35. The highest BCUT2D eigenvalue weighted by Crippen LogP contribution is 2.81. The van der Waals surface area contributed by atoms with Gasteiger partial charge in [-0.1, -0.05) is 24.3 Å². The molecule has 0 aromatic carbocycles. The molecule has 5 rings (SSSR count). The Morgan fingerprint density at radius 3 is 1.54 bits per heavy atom. The van der Waals surface area contributed by atoms with Crippen molar-refractivity contribution < 1.29 is 4.74 Å². The van der Waals surface area contributed by atoms with Crippen LogP contribution in [0.25, 0.3) is 0 Å². The predicted octanol–water partition coefficient (Wildman–Crippen LogP) is 1.91. The molecule has 0 radical (unpaired) electrons. The largest absolute Gasteiger partial charge is 0.360 e. The first kappa shape index (κ1) is 6.02. The van der Waals surface area contributed by atoms with Crippen LogP contribution in [-0.2, 0) is 4.74 Å². The number of hydrogen-bond acceptors (Lipinski definition) is 1. The second-order valence-electron chi connectivity index (χ2n) is 5.36. The lowest BCUT2D eigenvalue weighted by molar-refractivity contribution is 0.103. The Morgan fingerprint density at radius 1 is 0.769 bits per heavy atom. The fourth-order valence-corrected chi connectivity index (χ4v) is 4.94. The van der Waals surface area contributed by atoms with E-state index in [1.807, 2.05) is 0 Å². The summed E-state index contributed by atoms with van der Waals surface area (Å²) in [5.41, 5.74) is 0.623. The van der Waals surface area contributed by atoms with E-state index < -0.39 is 0 Å². The van der Waals surface area contributed by atoms with E-state index in [1.165, 1.54) is 12.8 Å². The Balaban J connectivity index is 1.85. The summed E-state index contributed by atoms with van der Waals surface area (Å²) in [6.07, 6.45) is 12.5. The smallest absolute Gasteiger partial charge is 0.112 e. The normalized spacial score (nSPS) is 73.2. The molecule has 5 aliphatic rings. The lowest BCUT2D eigenvalue weighted by Gasteiger charge is -2.21. The monoisotopic (exact) mass is 172 g/mol. The van der Waals surface area contributed by atoms with Crippen LogP contribution in [0.15, 0.2) is 24.3 Å². The van der Waals surface area contributed by atoms with Crippen molar-refractivity contribution in [1.82, 2.24) is 0 Å². The SMILES string of the molecule is C1=C[C@H]2C[C@H]1C13OC21[C@H]1C=C[C@H]3C1. The number of rotatable bonds is 0. The van der Waals surface area contributed by atoms with Gasteiger partial charge in [-0.2, -0.15) is 0 Å². The van der Waals surface area contributed by atoms with Crippen molar-refractivity contribution in [3.05, 3.63) is 24.3 Å². The van der Waals surface area contributed by atoms with Crippen molar-refractivity contribution >= 4 is 0 Å². The fourth-order valence-electron chi connectivity index (χ4n) is 4.94. The minimum atomic E-state index is 0.311. The maximum absolute atomic E-state index is 6.21. The molecule has 1 heteroatoms. The summed E-state index contributed by atoms with van der Waals surface area (Å²) in [4.78, 5) is 0. The molecular formula is C12H12O. The molecule has 1 nitrogen and oxygen atoms in total. The lowest BCUT2D eigenvalue weighted by Crippen LogP contribution is -2.33. The molecule has 0 N–H and O–H groups in total. The molecular weight excluding hydrogens is 160 g/mol. The van der Waals surface area contributed by atoms with Crippen molar-refractivity contribution in [2.45, 2.75) is 24.0 Å². The molecule has 4 bridgehead atoms. The van der Waals surface area contributed by atoms with Gasteiger partial charge < -0.3 is 4.74 Å². The minimum Gasteiger partial charge on any atom is -0.360 e. The van der Waals surface area contributed by atoms with Crippen LogP contribution in [0.5, 0.6) is 0 Å². The summed E-state index contributed by atoms with van der Waals surface area (Å²) in [7, 11) is 0. The Bertz CT molecular complexity index is 319.